The molecule has 4 heteroatoms. The van der Waals surface area contributed by atoms with Gasteiger partial charge in [0.2, 0.25) is 0 Å². The van der Waals surface area contributed by atoms with Gasteiger partial charge in [-0.3, -0.25) is 4.79 Å². The van der Waals surface area contributed by atoms with Gasteiger partial charge in [0.15, 0.2) is 0 Å². The van der Waals surface area contributed by atoms with Crippen LogP contribution in [0.5, 0.6) is 0 Å². The first-order valence-electron chi connectivity index (χ1n) is 5.08. The number of hydrogen-bond acceptors (Lipinski definition) is 2. The fourth-order valence-corrected chi connectivity index (χ4v) is 1.56. The smallest absolute Gasteiger partial charge is 0.320 e. The molecule has 0 aliphatic rings. The summed E-state index contributed by atoms with van der Waals surface area (Å²) in [5.41, 5.74) is 7.06. The maximum atomic E-state index is 10.8. The molecular formula is C11H12N2O2. The van der Waals surface area contributed by atoms with Crippen molar-refractivity contribution in [2.24, 2.45) is 5.73 Å². The number of carboxylic acids is 1. The summed E-state index contributed by atoms with van der Waals surface area (Å²) in [6.45, 7) is 0. The summed E-state index contributed by atoms with van der Waals surface area (Å²) in [5.74, 6) is -1.32. The predicted molar refractivity (Wildman–Crippen MR) is 57.6 cm³/mol. The van der Waals surface area contributed by atoms with Gasteiger partial charge in [0.05, 0.1) is 1.37 Å². The number of hydrogen-bond donors (Lipinski definition) is 3. The number of carboxylic acid groups (broad SMARTS) is 1. The van der Waals surface area contributed by atoms with Crippen LogP contribution in [0.2, 0.25) is 0 Å². The number of nitrogens with one attached hydrogen (secondary N) is 1. The number of aromatic amines is 1. The van der Waals surface area contributed by atoms with E-state index in [4.69, 9.17) is 12.2 Å². The van der Waals surface area contributed by atoms with Crippen molar-refractivity contribution < 1.29 is 11.3 Å². The lowest BCUT2D eigenvalue weighted by molar-refractivity contribution is -0.138. The Bertz CT molecular complexity index is 534. The molecule has 4 nitrogen and oxygen atoms in total. The second-order valence-electron chi connectivity index (χ2n) is 3.37. The molecule has 0 unspecified atom stereocenters. The van der Waals surface area contributed by atoms with E-state index in [9.17, 15) is 4.79 Å². The molecule has 0 amide bonds. The van der Waals surface area contributed by atoms with Gasteiger partial charge < -0.3 is 15.8 Å². The summed E-state index contributed by atoms with van der Waals surface area (Å²) in [7, 11) is 0. The van der Waals surface area contributed by atoms with Crippen LogP contribution in [0.3, 0.4) is 0 Å². The first kappa shape index (κ1) is 8.49. The molecule has 0 radical (unpaired) electrons. The zero-order valence-corrected chi connectivity index (χ0v) is 8.03. The SMILES string of the molecule is [2H][C@](N)(Cc1c[nH]c2ccccc12)C(=O)O. The molecule has 2 aromatic rings. The van der Waals surface area contributed by atoms with Gasteiger partial charge in [-0.25, -0.2) is 0 Å². The first-order valence-corrected chi connectivity index (χ1v) is 4.58. The molecular weight excluding hydrogens is 192 g/mol. The van der Waals surface area contributed by atoms with Crippen LogP contribution >= 0.6 is 0 Å². The van der Waals surface area contributed by atoms with Crippen molar-refractivity contribution in [3.8, 4) is 0 Å². The molecule has 2 rings (SSSR count). The molecule has 1 atom stereocenters. The van der Waals surface area contributed by atoms with Crippen LogP contribution < -0.4 is 5.73 Å². The van der Waals surface area contributed by atoms with Crippen LogP contribution in [-0.2, 0) is 11.2 Å². The lowest BCUT2D eigenvalue weighted by Crippen LogP contribution is -2.32. The maximum Gasteiger partial charge on any atom is 0.320 e. The van der Waals surface area contributed by atoms with Crippen molar-refractivity contribution in [2.75, 3.05) is 0 Å². The molecule has 0 fully saturated rings. The van der Waals surface area contributed by atoms with E-state index in [-0.39, 0.29) is 6.42 Å². The summed E-state index contributed by atoms with van der Waals surface area (Å²) < 4.78 is 7.50. The molecule has 4 N–H and O–H groups in total. The largest absolute Gasteiger partial charge is 0.480 e. The Labute approximate surface area is 88.1 Å². The fourth-order valence-electron chi connectivity index (χ4n) is 1.56. The predicted octanol–water partition coefficient (Wildman–Crippen LogP) is 1.12. The minimum atomic E-state index is -1.98. The molecule has 0 spiro atoms. The van der Waals surface area contributed by atoms with E-state index in [2.05, 4.69) is 4.98 Å². The summed E-state index contributed by atoms with van der Waals surface area (Å²) in [4.78, 5) is 13.8. The topological polar surface area (TPSA) is 79.1 Å². The lowest BCUT2D eigenvalue weighted by atomic mass is 10.1. The zero-order valence-electron chi connectivity index (χ0n) is 9.03. The quantitative estimate of drug-likeness (QED) is 0.702. The highest BCUT2D eigenvalue weighted by atomic mass is 16.4. The normalized spacial score (nSPS) is 15.9. The van der Waals surface area contributed by atoms with Gasteiger partial charge in [0, 0.05) is 23.5 Å². The average molecular weight is 205 g/mol. The van der Waals surface area contributed by atoms with Crippen LogP contribution in [-0.4, -0.2) is 22.1 Å². The lowest BCUT2D eigenvalue weighted by Gasteiger charge is -2.04. The molecule has 78 valence electrons. The number of aliphatic carboxylic acids is 1. The van der Waals surface area contributed by atoms with Gasteiger partial charge in [0.25, 0.3) is 0 Å². The van der Waals surface area contributed by atoms with Crippen LogP contribution in [0.15, 0.2) is 30.5 Å². The van der Waals surface area contributed by atoms with Crippen molar-refractivity contribution in [3.05, 3.63) is 36.0 Å². The molecule has 1 aromatic carbocycles. The molecule has 0 saturated heterocycles. The van der Waals surface area contributed by atoms with E-state index in [1.54, 1.807) is 6.20 Å². The second-order valence-corrected chi connectivity index (χ2v) is 3.37. The summed E-state index contributed by atoms with van der Waals surface area (Å²) in [6, 6.07) is 5.53. The Morgan fingerprint density at radius 1 is 1.60 bits per heavy atom. The van der Waals surface area contributed by atoms with Gasteiger partial charge in [-0.05, 0) is 11.6 Å². The Hall–Kier alpha value is -1.81. The summed E-state index contributed by atoms with van der Waals surface area (Å²) >= 11 is 0. The number of aromatic nitrogens is 1. The number of nitrogens with two attached hydrogens (primary N) is 1. The van der Waals surface area contributed by atoms with Crippen molar-refractivity contribution in [2.45, 2.75) is 12.4 Å². The minimum absolute atomic E-state index is 0.0215. The zero-order chi connectivity index (χ0) is 11.8. The highest BCUT2D eigenvalue weighted by Gasteiger charge is 2.14. The summed E-state index contributed by atoms with van der Waals surface area (Å²) in [6.07, 6.45) is 1.68. The molecule has 1 heterocycles. The molecule has 1 aromatic heterocycles. The van der Waals surface area contributed by atoms with Gasteiger partial charge in [0.1, 0.15) is 6.02 Å². The molecule has 0 aliphatic heterocycles. The minimum Gasteiger partial charge on any atom is -0.480 e. The van der Waals surface area contributed by atoms with Crippen molar-refractivity contribution in [1.82, 2.24) is 4.98 Å². The third kappa shape index (κ3) is 1.85. The van der Waals surface area contributed by atoms with Crippen LogP contribution in [0.1, 0.15) is 6.93 Å². The van der Waals surface area contributed by atoms with Crippen molar-refractivity contribution >= 4 is 16.9 Å². The number of H-pyrrole nitrogens is 1. The van der Waals surface area contributed by atoms with E-state index in [0.717, 1.165) is 16.5 Å². The van der Waals surface area contributed by atoms with Crippen LogP contribution in [0.25, 0.3) is 10.9 Å². The standard InChI is InChI=1S/C11H12N2O2/c12-9(11(14)15)5-7-6-13-10-4-2-1-3-8(7)10/h1-4,6,9,13H,5,12H2,(H,14,15)/t9-/m0/s1/i9D. The van der Waals surface area contributed by atoms with Crippen LogP contribution in [0.4, 0.5) is 0 Å². The third-order valence-corrected chi connectivity index (χ3v) is 2.33. The van der Waals surface area contributed by atoms with E-state index < -0.39 is 12.0 Å². The first-order chi connectivity index (χ1) is 7.50. The second kappa shape index (κ2) is 3.74. The highest BCUT2D eigenvalue weighted by molar-refractivity contribution is 5.84. The van der Waals surface area contributed by atoms with Gasteiger partial charge in [-0.2, -0.15) is 0 Å². The number of para-hydroxylation sites is 1. The van der Waals surface area contributed by atoms with Crippen molar-refractivity contribution in [3.63, 3.8) is 0 Å². The average Bonchev–Trinajstić information content (AvgIpc) is 2.61. The third-order valence-electron chi connectivity index (χ3n) is 2.33. The molecule has 15 heavy (non-hydrogen) atoms. The van der Waals surface area contributed by atoms with Gasteiger partial charge in [-0.15, -0.1) is 0 Å². The number of rotatable bonds is 3. The van der Waals surface area contributed by atoms with Gasteiger partial charge in [-0.1, -0.05) is 18.2 Å². The number of fused-ring (bicyclic) bond motifs is 1. The highest BCUT2D eigenvalue weighted by Crippen LogP contribution is 2.18. The van der Waals surface area contributed by atoms with E-state index in [1.165, 1.54) is 0 Å². The molecule has 0 saturated carbocycles. The Kier molecular flexibility index (Phi) is 2.12. The van der Waals surface area contributed by atoms with E-state index in [0.29, 0.717) is 0 Å². The van der Waals surface area contributed by atoms with Gasteiger partial charge >= 0.3 is 5.97 Å². The maximum absolute atomic E-state index is 10.8. The van der Waals surface area contributed by atoms with E-state index in [1.807, 2.05) is 24.3 Å². The fraction of sp³-hybridized carbons (Fsp3) is 0.182. The molecule has 0 bridgehead atoms. The Morgan fingerprint density at radius 2 is 2.33 bits per heavy atom. The summed E-state index contributed by atoms with van der Waals surface area (Å²) in [5, 5.41) is 9.70. The van der Waals surface area contributed by atoms with E-state index >= 15 is 0 Å². The number of benzene rings is 1. The Morgan fingerprint density at radius 3 is 3.07 bits per heavy atom. The van der Waals surface area contributed by atoms with Crippen LogP contribution in [0, 0.1) is 0 Å². The van der Waals surface area contributed by atoms with Crippen molar-refractivity contribution in [1.29, 1.82) is 0 Å². The monoisotopic (exact) mass is 205 g/mol. The molecule has 0 aliphatic carbocycles. The number of carbonyl (C=O) groups is 1. The Balaban J connectivity index is 2.38.